The van der Waals surface area contributed by atoms with Gasteiger partial charge in [-0.2, -0.15) is 11.3 Å². The summed E-state index contributed by atoms with van der Waals surface area (Å²) in [5.41, 5.74) is 1.43. The van der Waals surface area contributed by atoms with Crippen LogP contribution in [0, 0.1) is 11.8 Å². The lowest BCUT2D eigenvalue weighted by Gasteiger charge is -2.16. The van der Waals surface area contributed by atoms with E-state index in [1.165, 1.54) is 18.4 Å². The molecule has 0 bridgehead atoms. The summed E-state index contributed by atoms with van der Waals surface area (Å²) in [6.07, 6.45) is 7.64. The molecular weight excluding hydrogens is 200 g/mol. The molecule has 15 heavy (non-hydrogen) atoms. The summed E-state index contributed by atoms with van der Waals surface area (Å²) in [4.78, 5) is 0. The van der Waals surface area contributed by atoms with Gasteiger partial charge in [0.05, 0.1) is 0 Å². The molecule has 0 aliphatic rings. The molecule has 2 atom stereocenters. The van der Waals surface area contributed by atoms with Gasteiger partial charge < -0.3 is 0 Å². The summed E-state index contributed by atoms with van der Waals surface area (Å²) in [6.45, 7) is 10.0. The molecule has 2 unspecified atom stereocenters. The molecule has 1 rings (SSSR count). The van der Waals surface area contributed by atoms with Crippen molar-refractivity contribution in [3.8, 4) is 0 Å². The van der Waals surface area contributed by atoms with E-state index in [-0.39, 0.29) is 0 Å². The molecule has 0 amide bonds. The van der Waals surface area contributed by atoms with Crippen molar-refractivity contribution >= 4 is 11.3 Å². The van der Waals surface area contributed by atoms with Crippen molar-refractivity contribution < 1.29 is 0 Å². The molecule has 0 N–H and O–H groups in total. The Morgan fingerprint density at radius 2 is 2.07 bits per heavy atom. The molecule has 0 saturated carbocycles. The second kappa shape index (κ2) is 6.62. The molecule has 0 aromatic carbocycles. The quantitative estimate of drug-likeness (QED) is 0.584. The van der Waals surface area contributed by atoms with E-state index in [9.17, 15) is 0 Å². The third-order valence-corrected chi connectivity index (χ3v) is 3.61. The first-order valence-electron chi connectivity index (χ1n) is 5.56. The number of thiophene rings is 1. The van der Waals surface area contributed by atoms with Gasteiger partial charge in [-0.15, -0.1) is 13.2 Å². The Morgan fingerprint density at radius 3 is 2.53 bits per heavy atom. The van der Waals surface area contributed by atoms with Crippen molar-refractivity contribution in [1.82, 2.24) is 0 Å². The Kier molecular flexibility index (Phi) is 5.41. The van der Waals surface area contributed by atoms with E-state index >= 15 is 0 Å². The summed E-state index contributed by atoms with van der Waals surface area (Å²) >= 11 is 1.77. The van der Waals surface area contributed by atoms with Gasteiger partial charge in [-0.1, -0.05) is 19.1 Å². The predicted molar refractivity (Wildman–Crippen MR) is 70.3 cm³/mol. The van der Waals surface area contributed by atoms with Crippen molar-refractivity contribution in [2.24, 2.45) is 11.8 Å². The van der Waals surface area contributed by atoms with Crippen LogP contribution in [0.4, 0.5) is 0 Å². The van der Waals surface area contributed by atoms with Crippen LogP contribution in [-0.4, -0.2) is 0 Å². The van der Waals surface area contributed by atoms with Gasteiger partial charge in [0.1, 0.15) is 0 Å². The Hall–Kier alpha value is -0.820. The number of allylic oxidation sites excluding steroid dienone is 2. The van der Waals surface area contributed by atoms with Crippen LogP contribution in [0.1, 0.15) is 25.3 Å². The topological polar surface area (TPSA) is 0 Å². The van der Waals surface area contributed by atoms with Crippen molar-refractivity contribution in [2.45, 2.75) is 26.2 Å². The zero-order valence-corrected chi connectivity index (χ0v) is 10.3. The molecule has 1 heterocycles. The average Bonchev–Trinajstić information content (AvgIpc) is 2.76. The molecule has 82 valence electrons. The summed E-state index contributed by atoms with van der Waals surface area (Å²) in [5.74, 6) is 1.22. The van der Waals surface area contributed by atoms with Gasteiger partial charge in [-0.25, -0.2) is 0 Å². The van der Waals surface area contributed by atoms with Crippen LogP contribution in [0.15, 0.2) is 42.1 Å². The van der Waals surface area contributed by atoms with E-state index in [0.29, 0.717) is 11.8 Å². The summed E-state index contributed by atoms with van der Waals surface area (Å²) in [6, 6.07) is 2.20. The van der Waals surface area contributed by atoms with Gasteiger partial charge >= 0.3 is 0 Å². The van der Waals surface area contributed by atoms with Crippen LogP contribution in [0.2, 0.25) is 0 Å². The highest BCUT2D eigenvalue weighted by Crippen LogP contribution is 2.22. The van der Waals surface area contributed by atoms with Crippen LogP contribution in [0.3, 0.4) is 0 Å². The maximum Gasteiger partial charge on any atom is -0.00610 e. The van der Waals surface area contributed by atoms with E-state index in [1.807, 2.05) is 0 Å². The first-order chi connectivity index (χ1) is 7.30. The normalized spacial score (nSPS) is 14.5. The van der Waals surface area contributed by atoms with Crippen LogP contribution in [0.25, 0.3) is 0 Å². The van der Waals surface area contributed by atoms with Crippen LogP contribution in [-0.2, 0) is 6.42 Å². The molecule has 0 saturated heterocycles. The number of rotatable bonds is 7. The fraction of sp³-hybridized carbons (Fsp3) is 0.429. The summed E-state index contributed by atoms with van der Waals surface area (Å²) < 4.78 is 0. The van der Waals surface area contributed by atoms with Gasteiger partial charge in [0.25, 0.3) is 0 Å². The lowest BCUT2D eigenvalue weighted by Crippen LogP contribution is -2.06. The molecule has 1 aromatic rings. The largest absolute Gasteiger partial charge is 0.152 e. The van der Waals surface area contributed by atoms with Gasteiger partial charge in [0.2, 0.25) is 0 Å². The molecule has 0 spiro atoms. The van der Waals surface area contributed by atoms with Gasteiger partial charge in [-0.05, 0) is 53.5 Å². The summed E-state index contributed by atoms with van der Waals surface area (Å²) in [7, 11) is 0. The molecule has 0 nitrogen and oxygen atoms in total. The third kappa shape index (κ3) is 4.05. The minimum absolute atomic E-state index is 0.586. The highest BCUT2D eigenvalue weighted by atomic mass is 32.1. The van der Waals surface area contributed by atoms with Crippen molar-refractivity contribution in [1.29, 1.82) is 0 Å². The van der Waals surface area contributed by atoms with Gasteiger partial charge in [-0.3, -0.25) is 0 Å². The Balaban J connectivity index is 2.49. The zero-order valence-electron chi connectivity index (χ0n) is 9.49. The highest BCUT2D eigenvalue weighted by molar-refractivity contribution is 7.07. The minimum Gasteiger partial charge on any atom is -0.152 e. The van der Waals surface area contributed by atoms with Gasteiger partial charge in [0.15, 0.2) is 0 Å². The fourth-order valence-corrected chi connectivity index (χ4v) is 2.47. The monoisotopic (exact) mass is 220 g/mol. The zero-order chi connectivity index (χ0) is 11.1. The molecule has 0 aliphatic heterocycles. The van der Waals surface area contributed by atoms with E-state index in [4.69, 9.17) is 0 Å². The molecule has 1 aromatic heterocycles. The smallest absolute Gasteiger partial charge is 0.00610 e. The van der Waals surface area contributed by atoms with Crippen LogP contribution < -0.4 is 0 Å². The number of hydrogen-bond acceptors (Lipinski definition) is 1. The highest BCUT2D eigenvalue weighted by Gasteiger charge is 2.10. The average molecular weight is 220 g/mol. The maximum atomic E-state index is 3.93. The Labute approximate surface area is 97.3 Å². The Morgan fingerprint density at radius 1 is 1.33 bits per heavy atom. The predicted octanol–water partition coefficient (Wildman–Crippen LogP) is 4.70. The Bertz CT molecular complexity index is 284. The second-order valence-electron chi connectivity index (χ2n) is 3.97. The molecule has 1 heteroatoms. The van der Waals surface area contributed by atoms with Crippen molar-refractivity contribution in [2.75, 3.05) is 0 Å². The molecule has 0 radical (unpaired) electrons. The maximum absolute atomic E-state index is 3.93. The first-order valence-corrected chi connectivity index (χ1v) is 6.50. The number of hydrogen-bond donors (Lipinski definition) is 0. The van der Waals surface area contributed by atoms with E-state index in [0.717, 1.165) is 6.42 Å². The SMILES string of the molecule is C=CC(CC)CC(C=C)Cc1ccsc1. The van der Waals surface area contributed by atoms with Gasteiger partial charge in [0, 0.05) is 0 Å². The molecule has 0 fully saturated rings. The second-order valence-corrected chi connectivity index (χ2v) is 4.75. The molecule has 0 aliphatic carbocycles. The van der Waals surface area contributed by atoms with E-state index in [2.05, 4.69) is 49.1 Å². The van der Waals surface area contributed by atoms with Crippen LogP contribution >= 0.6 is 11.3 Å². The first kappa shape index (κ1) is 12.3. The third-order valence-electron chi connectivity index (χ3n) is 2.87. The van der Waals surface area contributed by atoms with E-state index in [1.54, 1.807) is 11.3 Å². The van der Waals surface area contributed by atoms with Crippen molar-refractivity contribution in [3.63, 3.8) is 0 Å². The standard InChI is InChI=1S/C14H20S/c1-4-12(5-2)9-13(6-3)10-14-7-8-15-11-14/h4,6-8,11-13H,1,3,5,9-10H2,2H3. The summed E-state index contributed by atoms with van der Waals surface area (Å²) in [5, 5.41) is 4.37. The minimum atomic E-state index is 0.586. The van der Waals surface area contributed by atoms with Crippen molar-refractivity contribution in [3.05, 3.63) is 47.7 Å². The fourth-order valence-electron chi connectivity index (χ4n) is 1.79. The molecular formula is C14H20S. The lowest BCUT2D eigenvalue weighted by atomic mass is 9.89. The van der Waals surface area contributed by atoms with Crippen LogP contribution in [0.5, 0.6) is 0 Å². The van der Waals surface area contributed by atoms with E-state index < -0.39 is 0 Å². The lowest BCUT2D eigenvalue weighted by molar-refractivity contribution is 0.471.